The highest BCUT2D eigenvalue weighted by Gasteiger charge is 2.06. The van der Waals surface area contributed by atoms with Gasteiger partial charge >= 0.3 is 0 Å². The molecule has 0 saturated carbocycles. The van der Waals surface area contributed by atoms with E-state index in [9.17, 15) is 8.78 Å². The van der Waals surface area contributed by atoms with Gasteiger partial charge in [0.15, 0.2) is 0 Å². The lowest BCUT2D eigenvalue weighted by Crippen LogP contribution is -2.08. The summed E-state index contributed by atoms with van der Waals surface area (Å²) in [5, 5.41) is 0. The lowest BCUT2D eigenvalue weighted by Gasteiger charge is -2.08. The molecule has 0 aliphatic carbocycles. The van der Waals surface area contributed by atoms with Crippen molar-refractivity contribution in [3.63, 3.8) is 0 Å². The van der Waals surface area contributed by atoms with E-state index in [4.69, 9.17) is 10.5 Å². The van der Waals surface area contributed by atoms with Gasteiger partial charge in [-0.15, -0.1) is 12.4 Å². The highest BCUT2D eigenvalue weighted by molar-refractivity contribution is 14.1. The van der Waals surface area contributed by atoms with Crippen LogP contribution in [0.2, 0.25) is 0 Å². The molecule has 1 rings (SSSR count). The Hall–Kier alpha value is -0.140. The van der Waals surface area contributed by atoms with E-state index >= 15 is 0 Å². The number of alkyl halides is 2. The molecule has 0 aromatic heterocycles. The van der Waals surface area contributed by atoms with E-state index in [0.717, 1.165) is 9.13 Å². The molecule has 0 aliphatic rings. The fourth-order valence-corrected chi connectivity index (χ4v) is 1.68. The molecule has 0 heterocycles. The Morgan fingerprint density at radius 2 is 2.07 bits per heavy atom. The van der Waals surface area contributed by atoms with Crippen molar-refractivity contribution < 1.29 is 13.5 Å². The summed E-state index contributed by atoms with van der Waals surface area (Å²) in [6.45, 7) is -0.136. The minimum Gasteiger partial charge on any atom is -0.487 e. The third-order valence-corrected chi connectivity index (χ3v) is 2.44. The predicted octanol–water partition coefficient (Wildman–Crippen LogP) is 2.82. The van der Waals surface area contributed by atoms with E-state index in [2.05, 4.69) is 0 Å². The summed E-state index contributed by atoms with van der Waals surface area (Å²) < 4.78 is 29.4. The Kier molecular flexibility index (Phi) is 7.12. The fourth-order valence-electron chi connectivity index (χ4n) is 0.941. The van der Waals surface area contributed by atoms with Crippen LogP contribution in [0.5, 0.6) is 5.75 Å². The summed E-state index contributed by atoms with van der Waals surface area (Å²) in [5.74, 6) is 0.475. The van der Waals surface area contributed by atoms with E-state index < -0.39 is 13.0 Å². The standard InChI is InChI=1S/C9H10F2INO.ClH/c10-9(11)5-14-8-2-1-6(4-13)3-7(8)12;/h1-3,9H,4-5,13H2;1H. The first-order chi connectivity index (χ1) is 6.63. The van der Waals surface area contributed by atoms with Crippen molar-refractivity contribution in [3.8, 4) is 5.75 Å². The summed E-state index contributed by atoms with van der Waals surface area (Å²) >= 11 is 2.03. The van der Waals surface area contributed by atoms with E-state index in [1.807, 2.05) is 28.7 Å². The largest absolute Gasteiger partial charge is 0.487 e. The van der Waals surface area contributed by atoms with Gasteiger partial charge in [0, 0.05) is 6.54 Å². The molecule has 0 fully saturated rings. The molecule has 1 aromatic carbocycles. The summed E-state index contributed by atoms with van der Waals surface area (Å²) in [6.07, 6.45) is -2.44. The molecule has 6 heteroatoms. The van der Waals surface area contributed by atoms with Crippen LogP contribution in [0.1, 0.15) is 5.56 Å². The van der Waals surface area contributed by atoms with Gasteiger partial charge in [0.25, 0.3) is 6.43 Å². The minimum atomic E-state index is -2.44. The Balaban J connectivity index is 0.00000196. The van der Waals surface area contributed by atoms with Crippen molar-refractivity contribution in [3.05, 3.63) is 27.3 Å². The molecule has 0 unspecified atom stereocenters. The summed E-state index contributed by atoms with van der Waals surface area (Å²) in [4.78, 5) is 0. The number of benzene rings is 1. The van der Waals surface area contributed by atoms with Crippen LogP contribution >= 0.6 is 35.0 Å². The maximum atomic E-state index is 11.9. The fraction of sp³-hybridized carbons (Fsp3) is 0.333. The van der Waals surface area contributed by atoms with Gasteiger partial charge < -0.3 is 10.5 Å². The first-order valence-corrected chi connectivity index (χ1v) is 5.11. The molecular weight excluding hydrogens is 338 g/mol. The molecular formula is C9H11ClF2INO. The van der Waals surface area contributed by atoms with Crippen LogP contribution in [0.3, 0.4) is 0 Å². The zero-order valence-electron chi connectivity index (χ0n) is 7.75. The predicted molar refractivity (Wildman–Crippen MR) is 65.8 cm³/mol. The molecule has 1 aromatic rings. The molecule has 86 valence electrons. The zero-order valence-corrected chi connectivity index (χ0v) is 10.7. The normalized spacial score (nSPS) is 9.93. The van der Waals surface area contributed by atoms with Gasteiger partial charge in [-0.05, 0) is 40.3 Å². The quantitative estimate of drug-likeness (QED) is 0.849. The Bertz CT molecular complexity index is 312. The van der Waals surface area contributed by atoms with Crippen LogP contribution in [-0.4, -0.2) is 13.0 Å². The van der Waals surface area contributed by atoms with E-state index in [1.165, 1.54) is 0 Å². The molecule has 2 N–H and O–H groups in total. The first-order valence-electron chi connectivity index (χ1n) is 4.03. The lowest BCUT2D eigenvalue weighted by atomic mass is 10.2. The molecule has 0 radical (unpaired) electrons. The monoisotopic (exact) mass is 349 g/mol. The summed E-state index contributed by atoms with van der Waals surface area (Å²) in [5.41, 5.74) is 6.38. The van der Waals surface area contributed by atoms with Gasteiger partial charge in [-0.2, -0.15) is 0 Å². The van der Waals surface area contributed by atoms with Crippen molar-refractivity contribution in [2.45, 2.75) is 13.0 Å². The Labute approximate surface area is 107 Å². The number of halogens is 4. The molecule has 0 aliphatic heterocycles. The van der Waals surface area contributed by atoms with Gasteiger partial charge in [0.1, 0.15) is 12.4 Å². The van der Waals surface area contributed by atoms with E-state index in [-0.39, 0.29) is 12.4 Å². The van der Waals surface area contributed by atoms with Gasteiger partial charge in [-0.1, -0.05) is 6.07 Å². The highest BCUT2D eigenvalue weighted by atomic mass is 127. The topological polar surface area (TPSA) is 35.2 Å². The van der Waals surface area contributed by atoms with Gasteiger partial charge in [0.2, 0.25) is 0 Å². The van der Waals surface area contributed by atoms with Crippen LogP contribution < -0.4 is 10.5 Å². The van der Waals surface area contributed by atoms with Gasteiger partial charge in [-0.25, -0.2) is 8.78 Å². The second-order valence-corrected chi connectivity index (χ2v) is 3.83. The molecule has 0 saturated heterocycles. The maximum Gasteiger partial charge on any atom is 0.272 e. The first kappa shape index (κ1) is 14.9. The number of hydrogen-bond donors (Lipinski definition) is 1. The molecule has 0 spiro atoms. The van der Waals surface area contributed by atoms with Crippen molar-refractivity contribution in [1.29, 1.82) is 0 Å². The zero-order chi connectivity index (χ0) is 10.6. The molecule has 0 bridgehead atoms. The van der Waals surface area contributed by atoms with Crippen molar-refractivity contribution >= 4 is 35.0 Å². The number of ether oxygens (including phenoxy) is 1. The summed E-state index contributed by atoms with van der Waals surface area (Å²) in [6, 6.07) is 5.25. The Morgan fingerprint density at radius 3 is 2.53 bits per heavy atom. The van der Waals surface area contributed by atoms with Crippen LogP contribution in [0.25, 0.3) is 0 Å². The molecule has 2 nitrogen and oxygen atoms in total. The SMILES string of the molecule is Cl.NCc1ccc(OCC(F)F)c(I)c1. The Morgan fingerprint density at radius 1 is 1.40 bits per heavy atom. The number of rotatable bonds is 4. The van der Waals surface area contributed by atoms with E-state index in [0.29, 0.717) is 12.3 Å². The average molecular weight is 350 g/mol. The van der Waals surface area contributed by atoms with Crippen LogP contribution in [0, 0.1) is 3.57 Å². The third-order valence-electron chi connectivity index (χ3n) is 1.60. The number of hydrogen-bond acceptors (Lipinski definition) is 2. The minimum absolute atomic E-state index is 0. The van der Waals surface area contributed by atoms with Gasteiger partial charge in [-0.3, -0.25) is 0 Å². The lowest BCUT2D eigenvalue weighted by molar-refractivity contribution is 0.0815. The van der Waals surface area contributed by atoms with Crippen LogP contribution in [-0.2, 0) is 6.54 Å². The van der Waals surface area contributed by atoms with Crippen LogP contribution in [0.4, 0.5) is 8.78 Å². The van der Waals surface area contributed by atoms with Crippen molar-refractivity contribution in [1.82, 2.24) is 0 Å². The second-order valence-electron chi connectivity index (χ2n) is 2.67. The van der Waals surface area contributed by atoms with E-state index in [1.54, 1.807) is 12.1 Å². The molecule has 15 heavy (non-hydrogen) atoms. The van der Waals surface area contributed by atoms with Gasteiger partial charge in [0.05, 0.1) is 3.57 Å². The average Bonchev–Trinajstić information content (AvgIpc) is 2.15. The smallest absolute Gasteiger partial charge is 0.272 e. The second kappa shape index (κ2) is 7.19. The maximum absolute atomic E-state index is 11.9. The number of nitrogens with two attached hydrogens (primary N) is 1. The highest BCUT2D eigenvalue weighted by Crippen LogP contribution is 2.22. The molecule has 0 amide bonds. The van der Waals surface area contributed by atoms with Crippen LogP contribution in [0.15, 0.2) is 18.2 Å². The third kappa shape index (κ3) is 4.94. The molecule has 0 atom stereocenters. The summed E-state index contributed by atoms with van der Waals surface area (Å²) in [7, 11) is 0. The van der Waals surface area contributed by atoms with Crippen molar-refractivity contribution in [2.75, 3.05) is 6.61 Å². The van der Waals surface area contributed by atoms with Crippen molar-refractivity contribution in [2.24, 2.45) is 5.73 Å².